The van der Waals surface area contributed by atoms with Gasteiger partial charge in [-0.3, -0.25) is 0 Å². The summed E-state index contributed by atoms with van der Waals surface area (Å²) in [5.74, 6) is -1.50. The van der Waals surface area contributed by atoms with Crippen LogP contribution in [0.4, 0.5) is 28.0 Å². The van der Waals surface area contributed by atoms with Crippen LogP contribution < -0.4 is 10.6 Å². The van der Waals surface area contributed by atoms with Gasteiger partial charge in [-0.15, -0.1) is 0 Å². The number of carbonyl (C=O) groups is 1. The lowest BCUT2D eigenvalue weighted by atomic mass is 10.2. The molecule has 0 heterocycles. The molecule has 0 radical (unpaired) electrons. The zero-order valence-corrected chi connectivity index (χ0v) is 8.15. The van der Waals surface area contributed by atoms with E-state index in [1.54, 1.807) is 0 Å². The van der Waals surface area contributed by atoms with E-state index in [0.717, 1.165) is 12.1 Å². The lowest BCUT2D eigenvalue weighted by molar-refractivity contribution is -0.139. The van der Waals surface area contributed by atoms with Crippen LogP contribution in [0.5, 0.6) is 0 Å². The molecule has 0 aromatic heterocycles. The van der Waals surface area contributed by atoms with Gasteiger partial charge in [-0.05, 0) is 12.1 Å². The van der Waals surface area contributed by atoms with E-state index < -0.39 is 29.3 Å². The zero-order valence-electron chi connectivity index (χ0n) is 8.15. The van der Waals surface area contributed by atoms with Gasteiger partial charge in [0, 0.05) is 7.05 Å². The predicted octanol–water partition coefficient (Wildman–Crippen LogP) is 2.60. The van der Waals surface area contributed by atoms with Gasteiger partial charge in [0.1, 0.15) is 0 Å². The third-order valence-electron chi connectivity index (χ3n) is 1.78. The summed E-state index contributed by atoms with van der Waals surface area (Å²) in [7, 11) is 1.26. The van der Waals surface area contributed by atoms with Gasteiger partial charge < -0.3 is 10.6 Å². The monoisotopic (exact) mass is 236 g/mol. The Morgan fingerprint density at radius 1 is 1.31 bits per heavy atom. The van der Waals surface area contributed by atoms with E-state index in [4.69, 9.17) is 0 Å². The van der Waals surface area contributed by atoms with Gasteiger partial charge >= 0.3 is 12.2 Å². The molecule has 0 bridgehead atoms. The highest BCUT2D eigenvalue weighted by molar-refractivity contribution is 5.89. The highest BCUT2D eigenvalue weighted by Gasteiger charge is 2.34. The number of benzene rings is 1. The van der Waals surface area contributed by atoms with Gasteiger partial charge in [-0.25, -0.2) is 9.18 Å². The molecular formula is C9H8F4N2O. The highest BCUT2D eigenvalue weighted by atomic mass is 19.4. The normalized spacial score (nSPS) is 11.1. The number of anilines is 1. The van der Waals surface area contributed by atoms with E-state index in [0.29, 0.717) is 6.07 Å². The average Bonchev–Trinajstić information content (AvgIpc) is 2.19. The number of alkyl halides is 3. The molecule has 88 valence electrons. The van der Waals surface area contributed by atoms with Crippen molar-refractivity contribution in [3.05, 3.63) is 29.6 Å². The quantitative estimate of drug-likeness (QED) is 0.723. The molecule has 1 rings (SSSR count). The number of nitrogens with one attached hydrogen (secondary N) is 2. The smallest absolute Gasteiger partial charge is 0.341 e. The Hall–Kier alpha value is -1.79. The first kappa shape index (κ1) is 12.3. The fourth-order valence-electron chi connectivity index (χ4n) is 1.03. The molecule has 0 unspecified atom stereocenters. The Kier molecular flexibility index (Phi) is 3.36. The summed E-state index contributed by atoms with van der Waals surface area (Å²) in [6.45, 7) is 0. The summed E-state index contributed by atoms with van der Waals surface area (Å²) in [5.41, 5.74) is -1.93. The molecule has 0 aliphatic rings. The van der Waals surface area contributed by atoms with E-state index in [-0.39, 0.29) is 0 Å². The van der Waals surface area contributed by atoms with E-state index in [1.807, 2.05) is 5.32 Å². The van der Waals surface area contributed by atoms with Crippen molar-refractivity contribution < 1.29 is 22.4 Å². The van der Waals surface area contributed by atoms with Crippen molar-refractivity contribution in [1.29, 1.82) is 0 Å². The van der Waals surface area contributed by atoms with Crippen molar-refractivity contribution in [3.63, 3.8) is 0 Å². The molecule has 3 nitrogen and oxygen atoms in total. The third-order valence-corrected chi connectivity index (χ3v) is 1.78. The number of urea groups is 1. The minimum atomic E-state index is -4.79. The van der Waals surface area contributed by atoms with Gasteiger partial charge in [0.25, 0.3) is 0 Å². The minimum absolute atomic E-state index is 0.519. The van der Waals surface area contributed by atoms with Gasteiger partial charge in [0.05, 0.1) is 11.3 Å². The third kappa shape index (κ3) is 2.62. The maximum absolute atomic E-state index is 13.3. The van der Waals surface area contributed by atoms with Crippen molar-refractivity contribution in [2.75, 3.05) is 12.4 Å². The maximum atomic E-state index is 13.3. The first-order valence-corrected chi connectivity index (χ1v) is 4.20. The highest BCUT2D eigenvalue weighted by Crippen LogP contribution is 2.33. The summed E-state index contributed by atoms with van der Waals surface area (Å²) in [6.07, 6.45) is -4.79. The van der Waals surface area contributed by atoms with Crippen LogP contribution in [0.3, 0.4) is 0 Å². The summed E-state index contributed by atoms with van der Waals surface area (Å²) in [6, 6.07) is 1.86. The molecule has 2 N–H and O–H groups in total. The number of rotatable bonds is 1. The zero-order chi connectivity index (χ0) is 12.3. The second-order valence-electron chi connectivity index (χ2n) is 2.87. The predicted molar refractivity (Wildman–Crippen MR) is 49.5 cm³/mol. The van der Waals surface area contributed by atoms with Crippen molar-refractivity contribution in [2.24, 2.45) is 0 Å². The first-order chi connectivity index (χ1) is 7.36. The largest absolute Gasteiger partial charge is 0.419 e. The number of amides is 2. The minimum Gasteiger partial charge on any atom is -0.341 e. The van der Waals surface area contributed by atoms with Crippen molar-refractivity contribution in [3.8, 4) is 0 Å². The molecule has 1 aromatic rings. The van der Waals surface area contributed by atoms with Crippen molar-refractivity contribution >= 4 is 11.7 Å². The fourth-order valence-corrected chi connectivity index (χ4v) is 1.03. The molecule has 1 aromatic carbocycles. The van der Waals surface area contributed by atoms with E-state index in [9.17, 15) is 22.4 Å². The molecule has 0 aliphatic carbocycles. The number of hydrogen-bond acceptors (Lipinski definition) is 1. The van der Waals surface area contributed by atoms with Crippen LogP contribution in [0.2, 0.25) is 0 Å². The van der Waals surface area contributed by atoms with Gasteiger partial charge in [-0.1, -0.05) is 6.07 Å². The van der Waals surface area contributed by atoms with Crippen LogP contribution >= 0.6 is 0 Å². The summed E-state index contributed by atoms with van der Waals surface area (Å²) < 4.78 is 50.1. The number of halogens is 4. The van der Waals surface area contributed by atoms with Gasteiger partial charge in [0.15, 0.2) is 5.82 Å². The molecule has 0 atom stereocenters. The van der Waals surface area contributed by atoms with Crippen LogP contribution in [0.25, 0.3) is 0 Å². The summed E-state index contributed by atoms with van der Waals surface area (Å²) in [5, 5.41) is 4.05. The lowest BCUT2D eigenvalue weighted by Gasteiger charge is -2.11. The summed E-state index contributed by atoms with van der Waals surface area (Å²) >= 11 is 0. The number of carbonyl (C=O) groups excluding carboxylic acids is 1. The van der Waals surface area contributed by atoms with Gasteiger partial charge in [0.2, 0.25) is 0 Å². The Morgan fingerprint density at radius 2 is 1.94 bits per heavy atom. The van der Waals surface area contributed by atoms with Crippen LogP contribution in [0.15, 0.2) is 18.2 Å². The molecule has 7 heteroatoms. The molecule has 0 aliphatic heterocycles. The molecule has 0 fully saturated rings. The molecule has 0 saturated carbocycles. The number of hydrogen-bond donors (Lipinski definition) is 2. The Bertz CT molecular complexity index is 403. The van der Waals surface area contributed by atoms with Crippen molar-refractivity contribution in [2.45, 2.75) is 6.18 Å². The van der Waals surface area contributed by atoms with E-state index in [2.05, 4.69) is 5.32 Å². The lowest BCUT2D eigenvalue weighted by Crippen LogP contribution is -2.25. The van der Waals surface area contributed by atoms with E-state index in [1.165, 1.54) is 7.05 Å². The Labute approximate surface area is 88.4 Å². The molecule has 0 saturated heterocycles. The maximum Gasteiger partial charge on any atom is 0.419 e. The fraction of sp³-hybridized carbons (Fsp3) is 0.222. The standard InChI is InChI=1S/C9H8F4N2O/c1-14-8(16)15-6-4-2-3-5(7(6)10)9(11,12)13/h2-4H,1H3,(H2,14,15,16). The molecular weight excluding hydrogens is 228 g/mol. The summed E-state index contributed by atoms with van der Waals surface area (Å²) in [4.78, 5) is 10.8. The van der Waals surface area contributed by atoms with Gasteiger partial charge in [-0.2, -0.15) is 13.2 Å². The SMILES string of the molecule is CNC(=O)Nc1cccc(C(F)(F)F)c1F. The molecule has 16 heavy (non-hydrogen) atoms. The van der Waals surface area contributed by atoms with Crippen LogP contribution in [0.1, 0.15) is 5.56 Å². The molecule has 2 amide bonds. The van der Waals surface area contributed by atoms with E-state index >= 15 is 0 Å². The second-order valence-corrected chi connectivity index (χ2v) is 2.87. The van der Waals surface area contributed by atoms with Crippen LogP contribution in [-0.4, -0.2) is 13.1 Å². The second kappa shape index (κ2) is 4.38. The van der Waals surface area contributed by atoms with Crippen LogP contribution in [-0.2, 0) is 6.18 Å². The Balaban J connectivity index is 3.09. The topological polar surface area (TPSA) is 41.1 Å². The average molecular weight is 236 g/mol. The van der Waals surface area contributed by atoms with Crippen molar-refractivity contribution in [1.82, 2.24) is 5.32 Å². The molecule has 0 spiro atoms. The Morgan fingerprint density at radius 3 is 2.44 bits per heavy atom. The van der Waals surface area contributed by atoms with Crippen LogP contribution in [0, 0.1) is 5.82 Å². The first-order valence-electron chi connectivity index (χ1n) is 4.20.